The molecule has 0 N–H and O–H groups in total. The Balaban J connectivity index is 2.40. The van der Waals surface area contributed by atoms with E-state index in [1.807, 2.05) is 43.3 Å². The number of aryl methyl sites for hydroxylation is 1. The molecule has 0 amide bonds. The summed E-state index contributed by atoms with van der Waals surface area (Å²) in [6.07, 6.45) is 1.71. The first-order chi connectivity index (χ1) is 8.77. The van der Waals surface area contributed by atoms with Crippen molar-refractivity contribution in [3.63, 3.8) is 0 Å². The highest BCUT2D eigenvalue weighted by molar-refractivity contribution is 5.89. The Hall–Kier alpha value is -2.42. The second-order valence-electron chi connectivity index (χ2n) is 4.23. The first-order valence-electron chi connectivity index (χ1n) is 5.80. The van der Waals surface area contributed by atoms with E-state index >= 15 is 0 Å². The van der Waals surface area contributed by atoms with Gasteiger partial charge in [-0.3, -0.25) is 0 Å². The van der Waals surface area contributed by atoms with Crippen LogP contribution < -0.4 is 4.73 Å². The number of rotatable bonds is 1. The van der Waals surface area contributed by atoms with E-state index < -0.39 is 0 Å². The summed E-state index contributed by atoms with van der Waals surface area (Å²) in [5, 5.41) is 12.0. The molecule has 0 atom stereocenters. The largest absolute Gasteiger partial charge is 0.618 e. The highest BCUT2D eigenvalue weighted by atomic mass is 16.5. The van der Waals surface area contributed by atoms with Gasteiger partial charge in [-0.25, -0.2) is 4.98 Å². The molecule has 0 aliphatic heterocycles. The van der Waals surface area contributed by atoms with Crippen molar-refractivity contribution in [1.29, 1.82) is 0 Å². The molecule has 0 radical (unpaired) electrons. The molecule has 2 aromatic heterocycles. The summed E-state index contributed by atoms with van der Waals surface area (Å²) in [7, 11) is 0. The summed E-state index contributed by atoms with van der Waals surface area (Å²) < 4.78 is 0.925. The van der Waals surface area contributed by atoms with E-state index in [9.17, 15) is 5.21 Å². The van der Waals surface area contributed by atoms with Gasteiger partial charge in [-0.05, 0) is 11.6 Å². The van der Waals surface area contributed by atoms with Crippen LogP contribution in [0.3, 0.4) is 0 Å². The van der Waals surface area contributed by atoms with Crippen LogP contribution in [0.2, 0.25) is 0 Å². The molecule has 0 unspecified atom stereocenters. The molecule has 3 aromatic rings. The van der Waals surface area contributed by atoms with Gasteiger partial charge in [0.15, 0.2) is 5.69 Å². The van der Waals surface area contributed by atoms with Gasteiger partial charge in [0.05, 0.1) is 0 Å². The average molecular weight is 236 g/mol. The second-order valence-corrected chi connectivity index (χ2v) is 4.23. The Morgan fingerprint density at radius 3 is 2.61 bits per heavy atom. The van der Waals surface area contributed by atoms with Crippen LogP contribution in [0.4, 0.5) is 0 Å². The minimum Gasteiger partial charge on any atom is -0.618 e. The minimum absolute atomic E-state index is 0.608. The van der Waals surface area contributed by atoms with E-state index in [4.69, 9.17) is 0 Å². The fourth-order valence-electron chi connectivity index (χ4n) is 2.13. The Kier molecular flexibility index (Phi) is 2.45. The van der Waals surface area contributed by atoms with E-state index in [0.29, 0.717) is 11.2 Å². The van der Waals surface area contributed by atoms with Crippen molar-refractivity contribution in [1.82, 2.24) is 4.98 Å². The minimum atomic E-state index is 0.608. The third-order valence-corrected chi connectivity index (χ3v) is 3.02. The highest BCUT2D eigenvalue weighted by Crippen LogP contribution is 2.25. The van der Waals surface area contributed by atoms with Gasteiger partial charge in [0.2, 0.25) is 5.52 Å². The van der Waals surface area contributed by atoms with Crippen LogP contribution in [0.15, 0.2) is 54.7 Å². The molecule has 88 valence electrons. The predicted octanol–water partition coefficient (Wildman–Crippen LogP) is 2.84. The van der Waals surface area contributed by atoms with Crippen LogP contribution in [0.1, 0.15) is 5.69 Å². The smallest absolute Gasteiger partial charge is 0.243 e. The molecule has 3 heteroatoms. The molecular formula is C15H12N2O. The molecule has 0 spiro atoms. The van der Waals surface area contributed by atoms with Crippen molar-refractivity contribution >= 4 is 11.0 Å². The maximum Gasteiger partial charge on any atom is 0.243 e. The molecule has 0 fully saturated rings. The highest BCUT2D eigenvalue weighted by Gasteiger charge is 2.14. The first kappa shape index (κ1) is 10.7. The summed E-state index contributed by atoms with van der Waals surface area (Å²) in [5.41, 5.74) is 4.09. The lowest BCUT2D eigenvalue weighted by atomic mass is 10.0. The predicted molar refractivity (Wildman–Crippen MR) is 70.9 cm³/mol. The van der Waals surface area contributed by atoms with Gasteiger partial charge < -0.3 is 5.21 Å². The number of fused-ring (bicyclic) bond motifs is 1. The number of pyridine rings is 2. The van der Waals surface area contributed by atoms with Crippen LogP contribution in [0.5, 0.6) is 0 Å². The molecule has 3 rings (SSSR count). The normalized spacial score (nSPS) is 10.7. The molecular weight excluding hydrogens is 224 g/mol. The van der Waals surface area contributed by atoms with Gasteiger partial charge in [-0.15, -0.1) is 0 Å². The molecule has 2 heterocycles. The van der Waals surface area contributed by atoms with E-state index in [1.165, 1.54) is 0 Å². The fourth-order valence-corrected chi connectivity index (χ4v) is 2.13. The molecule has 3 nitrogen and oxygen atoms in total. The molecule has 18 heavy (non-hydrogen) atoms. The summed E-state index contributed by atoms with van der Waals surface area (Å²) in [6.45, 7) is 1.81. The maximum absolute atomic E-state index is 12.0. The molecule has 0 saturated heterocycles. The van der Waals surface area contributed by atoms with Gasteiger partial charge in [0, 0.05) is 30.8 Å². The zero-order valence-corrected chi connectivity index (χ0v) is 10.00. The Morgan fingerprint density at radius 1 is 1.06 bits per heavy atom. The van der Waals surface area contributed by atoms with Crippen molar-refractivity contribution in [3.05, 3.63) is 65.6 Å². The average Bonchev–Trinajstić information content (AvgIpc) is 2.44. The number of aromatic nitrogens is 2. The molecule has 1 aromatic carbocycles. The number of hydrogen-bond donors (Lipinski definition) is 0. The van der Waals surface area contributed by atoms with Crippen LogP contribution in [0, 0.1) is 12.1 Å². The number of benzene rings is 1. The first-order valence-corrected chi connectivity index (χ1v) is 5.80. The second kappa shape index (κ2) is 4.11. The maximum atomic E-state index is 12.0. The van der Waals surface area contributed by atoms with E-state index in [-0.39, 0.29) is 0 Å². The summed E-state index contributed by atoms with van der Waals surface area (Å²) in [4.78, 5) is 4.34. The lowest BCUT2D eigenvalue weighted by Gasteiger charge is -2.09. The van der Waals surface area contributed by atoms with Crippen molar-refractivity contribution in [3.8, 4) is 11.1 Å². The Morgan fingerprint density at radius 2 is 1.83 bits per heavy atom. The lowest BCUT2D eigenvalue weighted by molar-refractivity contribution is -0.584. The zero-order valence-electron chi connectivity index (χ0n) is 10.00. The van der Waals surface area contributed by atoms with Crippen LogP contribution in [-0.4, -0.2) is 4.98 Å². The van der Waals surface area contributed by atoms with E-state index in [0.717, 1.165) is 21.4 Å². The molecule has 0 saturated carbocycles. The summed E-state index contributed by atoms with van der Waals surface area (Å²) >= 11 is 0. The third-order valence-electron chi connectivity index (χ3n) is 3.02. The van der Waals surface area contributed by atoms with Crippen molar-refractivity contribution in [2.75, 3.05) is 0 Å². The standard InChI is InChI=1S/C15H12N2O/c1-11-10-13(12-6-3-2-4-7-12)15-14(17(11)18)8-5-9-16-15/h2-10H,1H3. The lowest BCUT2D eigenvalue weighted by Crippen LogP contribution is -2.31. The van der Waals surface area contributed by atoms with Gasteiger partial charge in [-0.1, -0.05) is 30.3 Å². The molecule has 0 aliphatic carbocycles. The number of nitrogens with zero attached hydrogens (tertiary/aromatic N) is 2. The van der Waals surface area contributed by atoms with Gasteiger partial charge in [0.25, 0.3) is 0 Å². The Bertz CT molecular complexity index is 708. The van der Waals surface area contributed by atoms with Crippen LogP contribution in [-0.2, 0) is 0 Å². The van der Waals surface area contributed by atoms with Crippen LogP contribution in [0.25, 0.3) is 22.2 Å². The van der Waals surface area contributed by atoms with Gasteiger partial charge in [-0.2, -0.15) is 4.73 Å². The third kappa shape index (κ3) is 1.61. The summed E-state index contributed by atoms with van der Waals surface area (Å²) in [5.74, 6) is 0. The van der Waals surface area contributed by atoms with Crippen molar-refractivity contribution in [2.45, 2.75) is 6.92 Å². The molecule has 0 aliphatic rings. The number of hydrogen-bond acceptors (Lipinski definition) is 2. The zero-order chi connectivity index (χ0) is 12.5. The van der Waals surface area contributed by atoms with Crippen molar-refractivity contribution < 1.29 is 4.73 Å². The fraction of sp³-hybridized carbons (Fsp3) is 0.0667. The van der Waals surface area contributed by atoms with E-state index in [2.05, 4.69) is 4.98 Å². The van der Waals surface area contributed by atoms with Crippen molar-refractivity contribution in [2.24, 2.45) is 0 Å². The van der Waals surface area contributed by atoms with E-state index in [1.54, 1.807) is 18.3 Å². The van der Waals surface area contributed by atoms with Gasteiger partial charge in [0.1, 0.15) is 5.52 Å². The summed E-state index contributed by atoms with van der Waals surface area (Å²) in [6, 6.07) is 15.5. The van der Waals surface area contributed by atoms with Gasteiger partial charge >= 0.3 is 0 Å². The SMILES string of the molecule is Cc1cc(-c2ccccc2)c2ncccc2[n+]1[O-]. The quantitative estimate of drug-likeness (QED) is 0.481. The van der Waals surface area contributed by atoms with Crippen LogP contribution >= 0.6 is 0 Å². The molecule has 0 bridgehead atoms. The topological polar surface area (TPSA) is 39.8 Å². The Labute approximate surface area is 105 Å². The monoisotopic (exact) mass is 236 g/mol.